The van der Waals surface area contributed by atoms with Crippen molar-refractivity contribution in [2.24, 2.45) is 4.99 Å². The largest absolute Gasteiger partial charge is 0.508 e. The maximum Gasteiger partial charge on any atom is 0.150 e. The summed E-state index contributed by atoms with van der Waals surface area (Å²) in [5.41, 5.74) is 0.476. The zero-order valence-corrected chi connectivity index (χ0v) is 7.15. The summed E-state index contributed by atoms with van der Waals surface area (Å²) in [6.07, 6.45) is 0. The third-order valence-corrected chi connectivity index (χ3v) is 1.52. The Balaban J connectivity index is 3.32. The monoisotopic (exact) mass is 183 g/mol. The molecule has 0 fully saturated rings. The Morgan fingerprint density at radius 2 is 2.25 bits per heavy atom. The van der Waals surface area contributed by atoms with E-state index in [0.717, 1.165) is 0 Å². The number of phenolic OH excluding ortho intramolecular Hbond substituents is 1. The second-order valence-electron chi connectivity index (χ2n) is 2.29. The van der Waals surface area contributed by atoms with E-state index in [4.69, 9.17) is 5.11 Å². The van der Waals surface area contributed by atoms with E-state index in [1.165, 1.54) is 12.1 Å². The molecule has 0 aliphatic carbocycles. The molecule has 0 bridgehead atoms. The van der Waals surface area contributed by atoms with Crippen LogP contribution in [0.5, 0.6) is 5.75 Å². The van der Waals surface area contributed by atoms with Crippen molar-refractivity contribution in [2.45, 2.75) is 6.92 Å². The highest BCUT2D eigenvalue weighted by Crippen LogP contribution is 2.26. The number of benzene rings is 1. The van der Waals surface area contributed by atoms with E-state index in [0.29, 0.717) is 5.56 Å². The highest BCUT2D eigenvalue weighted by molar-refractivity contribution is 7.78. The van der Waals surface area contributed by atoms with Crippen molar-refractivity contribution in [2.75, 3.05) is 0 Å². The Bertz CT molecular complexity index is 358. The van der Waals surface area contributed by atoms with Gasteiger partial charge in [-0.3, -0.25) is 0 Å². The first-order valence-corrected chi connectivity index (χ1v) is 3.63. The summed E-state index contributed by atoms with van der Waals surface area (Å²) in [7, 11) is 0. The van der Waals surface area contributed by atoms with Crippen LogP contribution in [0.3, 0.4) is 0 Å². The van der Waals surface area contributed by atoms with E-state index < -0.39 is 5.82 Å². The van der Waals surface area contributed by atoms with Crippen molar-refractivity contribution >= 4 is 23.1 Å². The van der Waals surface area contributed by atoms with Crippen LogP contribution in [0.15, 0.2) is 17.1 Å². The van der Waals surface area contributed by atoms with E-state index in [1.54, 1.807) is 6.92 Å². The van der Waals surface area contributed by atoms with Gasteiger partial charge in [0.25, 0.3) is 0 Å². The molecular formula is C8H6FNOS. The predicted octanol–water partition coefficient (Wildman–Crippen LogP) is 2.57. The fourth-order valence-electron chi connectivity index (χ4n) is 0.785. The zero-order chi connectivity index (χ0) is 9.14. The van der Waals surface area contributed by atoms with Crippen LogP contribution in [-0.4, -0.2) is 10.3 Å². The molecular weight excluding hydrogens is 177 g/mol. The van der Waals surface area contributed by atoms with E-state index in [1.807, 2.05) is 5.16 Å². The Kier molecular flexibility index (Phi) is 2.53. The molecule has 0 radical (unpaired) electrons. The first kappa shape index (κ1) is 8.84. The molecule has 0 unspecified atom stereocenters. The molecule has 0 heterocycles. The number of thiocarbonyl (C=S) groups is 1. The highest BCUT2D eigenvalue weighted by Gasteiger charge is 2.04. The minimum absolute atomic E-state index is 0.000370. The van der Waals surface area contributed by atoms with Crippen molar-refractivity contribution in [3.63, 3.8) is 0 Å². The molecule has 1 aromatic rings. The fourth-order valence-corrected chi connectivity index (χ4v) is 0.883. The maximum atomic E-state index is 12.9. The van der Waals surface area contributed by atoms with Gasteiger partial charge in [0, 0.05) is 6.07 Å². The van der Waals surface area contributed by atoms with E-state index in [9.17, 15) is 4.39 Å². The van der Waals surface area contributed by atoms with Crippen LogP contribution < -0.4 is 0 Å². The number of nitrogens with zero attached hydrogens (tertiary/aromatic N) is 1. The summed E-state index contributed by atoms with van der Waals surface area (Å²) in [4.78, 5) is 3.44. The van der Waals surface area contributed by atoms with Gasteiger partial charge in [0.15, 0.2) is 0 Å². The first-order chi connectivity index (χ1) is 5.65. The highest BCUT2D eigenvalue weighted by atomic mass is 32.1. The van der Waals surface area contributed by atoms with Crippen LogP contribution in [0.25, 0.3) is 0 Å². The van der Waals surface area contributed by atoms with Crippen LogP contribution >= 0.6 is 12.2 Å². The van der Waals surface area contributed by atoms with Crippen molar-refractivity contribution in [1.82, 2.24) is 0 Å². The van der Waals surface area contributed by atoms with Crippen molar-refractivity contribution in [3.8, 4) is 5.75 Å². The summed E-state index contributed by atoms with van der Waals surface area (Å²) in [6.45, 7) is 1.60. The molecule has 0 aromatic heterocycles. The lowest BCUT2D eigenvalue weighted by atomic mass is 10.2. The molecule has 0 aliphatic rings. The third-order valence-electron chi connectivity index (χ3n) is 1.43. The van der Waals surface area contributed by atoms with Gasteiger partial charge in [-0.1, -0.05) is 0 Å². The van der Waals surface area contributed by atoms with Gasteiger partial charge < -0.3 is 5.11 Å². The number of aromatic hydroxyl groups is 1. The number of rotatable bonds is 1. The van der Waals surface area contributed by atoms with E-state index in [-0.39, 0.29) is 11.4 Å². The standard InChI is InChI=1S/C8H6FNOS/c1-5-2-6(9)7(10-4-12)3-8(5)11/h2-3,11H,1H3. The lowest BCUT2D eigenvalue weighted by Crippen LogP contribution is -1.79. The molecule has 0 atom stereocenters. The van der Waals surface area contributed by atoms with Crippen molar-refractivity contribution in [3.05, 3.63) is 23.5 Å². The smallest absolute Gasteiger partial charge is 0.150 e. The predicted molar refractivity (Wildman–Crippen MR) is 47.5 cm³/mol. The average molecular weight is 183 g/mol. The Hall–Kier alpha value is -1.25. The van der Waals surface area contributed by atoms with Gasteiger partial charge in [-0.15, -0.1) is 0 Å². The fraction of sp³-hybridized carbons (Fsp3) is 0.125. The molecule has 0 saturated carbocycles. The number of halogens is 1. The van der Waals surface area contributed by atoms with Crippen molar-refractivity contribution in [1.29, 1.82) is 0 Å². The van der Waals surface area contributed by atoms with E-state index >= 15 is 0 Å². The number of phenols is 1. The molecule has 4 heteroatoms. The molecule has 1 aromatic carbocycles. The maximum absolute atomic E-state index is 12.9. The second-order valence-corrected chi connectivity index (χ2v) is 2.48. The lowest BCUT2D eigenvalue weighted by molar-refractivity contribution is 0.469. The topological polar surface area (TPSA) is 32.6 Å². The number of hydrogen-bond donors (Lipinski definition) is 1. The molecule has 2 nitrogen and oxygen atoms in total. The van der Waals surface area contributed by atoms with Gasteiger partial charge in [-0.05, 0) is 30.8 Å². The minimum atomic E-state index is -0.511. The molecule has 0 saturated heterocycles. The molecule has 0 spiro atoms. The second kappa shape index (κ2) is 3.43. The van der Waals surface area contributed by atoms with Crippen LogP contribution in [0.4, 0.5) is 10.1 Å². The molecule has 12 heavy (non-hydrogen) atoms. The summed E-state index contributed by atoms with van der Waals surface area (Å²) >= 11 is 4.30. The lowest BCUT2D eigenvalue weighted by Gasteiger charge is -1.99. The molecule has 0 aliphatic heterocycles. The summed E-state index contributed by atoms with van der Waals surface area (Å²) < 4.78 is 12.9. The molecule has 62 valence electrons. The number of hydrogen-bond acceptors (Lipinski definition) is 3. The number of aryl methyl sites for hydroxylation is 1. The SMILES string of the molecule is Cc1cc(F)c(N=C=S)cc1O. The van der Waals surface area contributed by atoms with Gasteiger partial charge in [0.1, 0.15) is 17.3 Å². The number of aliphatic imine (C=N–C) groups is 1. The van der Waals surface area contributed by atoms with Gasteiger partial charge in [0.05, 0.1) is 5.16 Å². The summed E-state index contributed by atoms with van der Waals surface area (Å²) in [6, 6.07) is 2.41. The van der Waals surface area contributed by atoms with Crippen molar-refractivity contribution < 1.29 is 9.50 Å². The summed E-state index contributed by atoms with van der Waals surface area (Å²) in [5, 5.41) is 11.2. The van der Waals surface area contributed by atoms with Gasteiger partial charge in [-0.2, -0.15) is 4.99 Å². The van der Waals surface area contributed by atoms with E-state index in [2.05, 4.69) is 17.2 Å². The van der Waals surface area contributed by atoms with Gasteiger partial charge in [-0.25, -0.2) is 4.39 Å². The molecule has 1 N–H and O–H groups in total. The van der Waals surface area contributed by atoms with Gasteiger partial charge in [0.2, 0.25) is 0 Å². The molecule has 1 rings (SSSR count). The van der Waals surface area contributed by atoms with Crippen LogP contribution in [0.1, 0.15) is 5.56 Å². The average Bonchev–Trinajstić information content (AvgIpc) is 2.01. The van der Waals surface area contributed by atoms with Crippen LogP contribution in [-0.2, 0) is 0 Å². The summed E-state index contributed by atoms with van der Waals surface area (Å²) in [5.74, 6) is -0.511. The Labute approximate surface area is 74.4 Å². The zero-order valence-electron chi connectivity index (χ0n) is 6.34. The quantitative estimate of drug-likeness (QED) is 0.536. The minimum Gasteiger partial charge on any atom is -0.508 e. The number of isothiocyanates is 1. The van der Waals surface area contributed by atoms with Crippen LogP contribution in [0.2, 0.25) is 0 Å². The van der Waals surface area contributed by atoms with Gasteiger partial charge >= 0.3 is 0 Å². The normalized spacial score (nSPS) is 9.17. The molecule has 0 amide bonds. The van der Waals surface area contributed by atoms with Crippen LogP contribution in [0, 0.1) is 12.7 Å². The Morgan fingerprint density at radius 1 is 1.58 bits per heavy atom. The first-order valence-electron chi connectivity index (χ1n) is 3.22. The third kappa shape index (κ3) is 1.67. The Morgan fingerprint density at radius 3 is 2.83 bits per heavy atom.